The van der Waals surface area contributed by atoms with E-state index in [9.17, 15) is 4.79 Å². The molecule has 2 rings (SSSR count). The second kappa shape index (κ2) is 4.99. The Bertz CT molecular complexity index is 494. The van der Waals surface area contributed by atoms with Crippen molar-refractivity contribution in [2.24, 2.45) is 5.84 Å². The monoisotopic (exact) mass is 248 g/mol. The molecule has 2 N–H and O–H groups in total. The van der Waals surface area contributed by atoms with Crippen molar-refractivity contribution in [2.75, 3.05) is 12.1 Å². The molecule has 1 aromatic heterocycles. The minimum atomic E-state index is -0.217. The zero-order valence-corrected chi connectivity index (χ0v) is 10.1. The maximum atomic E-state index is 11.9. The van der Waals surface area contributed by atoms with Gasteiger partial charge >= 0.3 is 0 Å². The smallest absolute Gasteiger partial charge is 0.282 e. The molecular weight excluding hydrogens is 236 g/mol. The highest BCUT2D eigenvalue weighted by molar-refractivity contribution is 7.12. The molecule has 0 atom stereocenters. The van der Waals surface area contributed by atoms with Gasteiger partial charge in [0.15, 0.2) is 0 Å². The fourth-order valence-electron chi connectivity index (χ4n) is 1.38. The van der Waals surface area contributed by atoms with Gasteiger partial charge in [-0.05, 0) is 35.7 Å². The second-order valence-electron chi connectivity index (χ2n) is 3.35. The van der Waals surface area contributed by atoms with Gasteiger partial charge in [0, 0.05) is 0 Å². The Labute approximate surface area is 103 Å². The predicted molar refractivity (Wildman–Crippen MR) is 68.3 cm³/mol. The van der Waals surface area contributed by atoms with E-state index < -0.39 is 0 Å². The van der Waals surface area contributed by atoms with E-state index in [1.807, 2.05) is 11.4 Å². The summed E-state index contributed by atoms with van der Waals surface area (Å²) in [7, 11) is 1.59. The predicted octanol–water partition coefficient (Wildman–Crippen LogP) is 2.28. The molecular formula is C12H12N2O2S. The summed E-state index contributed by atoms with van der Waals surface area (Å²) in [6, 6.07) is 10.6. The van der Waals surface area contributed by atoms with Crippen molar-refractivity contribution >= 4 is 22.9 Å². The minimum Gasteiger partial charge on any atom is -0.497 e. The van der Waals surface area contributed by atoms with E-state index in [-0.39, 0.29) is 5.91 Å². The lowest BCUT2D eigenvalue weighted by molar-refractivity contribution is 0.0990. The Morgan fingerprint density at radius 1 is 1.29 bits per heavy atom. The number of nitrogens with zero attached hydrogens (tertiary/aromatic N) is 1. The molecule has 0 spiro atoms. The largest absolute Gasteiger partial charge is 0.497 e. The average Bonchev–Trinajstić information content (AvgIpc) is 2.91. The molecule has 0 bridgehead atoms. The Morgan fingerprint density at radius 2 is 2.00 bits per heavy atom. The molecule has 17 heavy (non-hydrogen) atoms. The van der Waals surface area contributed by atoms with E-state index in [1.165, 1.54) is 11.3 Å². The number of hydrogen-bond donors (Lipinski definition) is 1. The molecule has 2 aromatic rings. The molecule has 0 aliphatic carbocycles. The second-order valence-corrected chi connectivity index (χ2v) is 4.30. The molecule has 5 heteroatoms. The third-order valence-electron chi connectivity index (χ3n) is 2.30. The first-order chi connectivity index (χ1) is 8.22. The first kappa shape index (κ1) is 11.6. The summed E-state index contributed by atoms with van der Waals surface area (Å²) in [5, 5.41) is 2.97. The fourth-order valence-corrected chi connectivity index (χ4v) is 2.04. The molecule has 1 heterocycles. The number of anilines is 1. The van der Waals surface area contributed by atoms with Crippen LogP contribution in [0.3, 0.4) is 0 Å². The molecule has 0 radical (unpaired) electrons. The number of ether oxygens (including phenoxy) is 1. The number of carbonyl (C=O) groups excluding carboxylic acids is 1. The summed E-state index contributed by atoms with van der Waals surface area (Å²) in [6.07, 6.45) is 0. The van der Waals surface area contributed by atoms with Crippen LogP contribution in [-0.4, -0.2) is 13.0 Å². The van der Waals surface area contributed by atoms with Crippen LogP contribution in [0.1, 0.15) is 9.67 Å². The molecule has 0 saturated heterocycles. The van der Waals surface area contributed by atoms with E-state index in [0.29, 0.717) is 10.6 Å². The van der Waals surface area contributed by atoms with E-state index in [0.717, 1.165) is 10.8 Å². The third-order valence-corrected chi connectivity index (χ3v) is 3.16. The first-order valence-electron chi connectivity index (χ1n) is 4.99. The lowest BCUT2D eigenvalue weighted by Crippen LogP contribution is -2.36. The number of nitrogens with two attached hydrogens (primary N) is 1. The van der Waals surface area contributed by atoms with Crippen LogP contribution in [0, 0.1) is 0 Å². The van der Waals surface area contributed by atoms with Crippen LogP contribution in [0.25, 0.3) is 0 Å². The van der Waals surface area contributed by atoms with E-state index >= 15 is 0 Å². The van der Waals surface area contributed by atoms with Crippen LogP contribution < -0.4 is 15.6 Å². The zero-order valence-electron chi connectivity index (χ0n) is 9.29. The summed E-state index contributed by atoms with van der Waals surface area (Å²) in [6.45, 7) is 0. The van der Waals surface area contributed by atoms with E-state index in [1.54, 1.807) is 37.4 Å². The molecule has 88 valence electrons. The van der Waals surface area contributed by atoms with Gasteiger partial charge in [0.05, 0.1) is 17.7 Å². The van der Waals surface area contributed by atoms with Gasteiger partial charge in [-0.3, -0.25) is 4.79 Å². The van der Waals surface area contributed by atoms with Crippen molar-refractivity contribution in [1.82, 2.24) is 0 Å². The Hall–Kier alpha value is -1.85. The highest BCUT2D eigenvalue weighted by Crippen LogP contribution is 2.20. The number of thiophene rings is 1. The number of amides is 1. The lowest BCUT2D eigenvalue weighted by atomic mass is 10.3. The van der Waals surface area contributed by atoms with Gasteiger partial charge in [-0.15, -0.1) is 11.3 Å². The number of methoxy groups -OCH3 is 1. The van der Waals surface area contributed by atoms with E-state index in [2.05, 4.69) is 0 Å². The third kappa shape index (κ3) is 2.46. The fraction of sp³-hybridized carbons (Fsp3) is 0.0833. The minimum absolute atomic E-state index is 0.217. The van der Waals surface area contributed by atoms with Crippen LogP contribution in [0.2, 0.25) is 0 Å². The standard InChI is InChI=1S/C12H12N2O2S/c1-16-10-6-4-9(5-7-10)14(13)12(15)11-3-2-8-17-11/h2-8H,13H2,1H3. The molecule has 4 nitrogen and oxygen atoms in total. The van der Waals surface area contributed by atoms with Crippen LogP contribution in [-0.2, 0) is 0 Å². The van der Waals surface area contributed by atoms with Crippen molar-refractivity contribution in [3.63, 3.8) is 0 Å². The number of hydrogen-bond acceptors (Lipinski definition) is 4. The van der Waals surface area contributed by atoms with Gasteiger partial charge in [0.1, 0.15) is 5.75 Å². The summed E-state index contributed by atoms with van der Waals surface area (Å²) in [4.78, 5) is 12.6. The number of rotatable bonds is 3. The van der Waals surface area contributed by atoms with Crippen LogP contribution in [0.15, 0.2) is 41.8 Å². The molecule has 0 aliphatic heterocycles. The van der Waals surface area contributed by atoms with Gasteiger partial charge in [-0.25, -0.2) is 10.9 Å². The molecule has 1 aromatic carbocycles. The SMILES string of the molecule is COc1ccc(N(N)C(=O)c2cccs2)cc1. The number of benzene rings is 1. The Kier molecular flexibility index (Phi) is 3.41. The van der Waals surface area contributed by atoms with Crippen molar-refractivity contribution < 1.29 is 9.53 Å². The van der Waals surface area contributed by atoms with Gasteiger partial charge < -0.3 is 4.74 Å². The summed E-state index contributed by atoms with van der Waals surface area (Å²) < 4.78 is 5.04. The van der Waals surface area contributed by atoms with Crippen LogP contribution in [0.5, 0.6) is 5.75 Å². The van der Waals surface area contributed by atoms with Crippen molar-refractivity contribution in [2.45, 2.75) is 0 Å². The van der Waals surface area contributed by atoms with Crippen molar-refractivity contribution in [1.29, 1.82) is 0 Å². The zero-order chi connectivity index (χ0) is 12.3. The molecule has 0 fully saturated rings. The maximum absolute atomic E-state index is 11.9. The Balaban J connectivity index is 2.19. The topological polar surface area (TPSA) is 55.6 Å². The van der Waals surface area contributed by atoms with Gasteiger partial charge in [0.2, 0.25) is 0 Å². The highest BCUT2D eigenvalue weighted by atomic mass is 32.1. The molecule has 0 aliphatic rings. The van der Waals surface area contributed by atoms with Crippen LogP contribution in [0.4, 0.5) is 5.69 Å². The Morgan fingerprint density at radius 3 is 2.53 bits per heavy atom. The normalized spacial score (nSPS) is 10.0. The van der Waals surface area contributed by atoms with E-state index in [4.69, 9.17) is 10.6 Å². The molecule has 0 unspecified atom stereocenters. The van der Waals surface area contributed by atoms with Crippen molar-refractivity contribution in [3.8, 4) is 5.75 Å². The first-order valence-corrected chi connectivity index (χ1v) is 5.87. The number of hydrazine groups is 1. The average molecular weight is 248 g/mol. The summed E-state index contributed by atoms with van der Waals surface area (Å²) >= 11 is 1.37. The lowest BCUT2D eigenvalue weighted by Gasteiger charge is -2.15. The van der Waals surface area contributed by atoms with Crippen LogP contribution >= 0.6 is 11.3 Å². The van der Waals surface area contributed by atoms with Gasteiger partial charge in [-0.2, -0.15) is 0 Å². The quantitative estimate of drug-likeness (QED) is 0.515. The van der Waals surface area contributed by atoms with Gasteiger partial charge in [0.25, 0.3) is 5.91 Å². The molecule has 1 amide bonds. The highest BCUT2D eigenvalue weighted by Gasteiger charge is 2.14. The van der Waals surface area contributed by atoms with Gasteiger partial charge in [-0.1, -0.05) is 6.07 Å². The maximum Gasteiger partial charge on any atom is 0.282 e. The molecule has 0 saturated carbocycles. The summed E-state index contributed by atoms with van der Waals surface area (Å²) in [5.41, 5.74) is 0.629. The number of carbonyl (C=O) groups is 1. The van der Waals surface area contributed by atoms with Crippen molar-refractivity contribution in [3.05, 3.63) is 46.7 Å². The summed E-state index contributed by atoms with van der Waals surface area (Å²) in [5.74, 6) is 6.28.